The van der Waals surface area contributed by atoms with Gasteiger partial charge in [0.2, 0.25) is 5.78 Å². The molecular weight excluding hydrogens is 483 g/mol. The van der Waals surface area contributed by atoms with Crippen LogP contribution in [0.15, 0.2) is 43.0 Å². The molecule has 12 heteroatoms. The van der Waals surface area contributed by atoms with E-state index in [1.165, 1.54) is 18.6 Å². The lowest BCUT2D eigenvalue weighted by atomic mass is 10.1. The number of hydrogen-bond donors (Lipinski definition) is 5. The molecule has 1 aromatic carbocycles. The predicted octanol–water partition coefficient (Wildman–Crippen LogP) is 3.28. The van der Waals surface area contributed by atoms with Gasteiger partial charge >= 0.3 is 0 Å². The van der Waals surface area contributed by atoms with Gasteiger partial charge in [-0.15, -0.1) is 0 Å². The molecule has 0 saturated heterocycles. The van der Waals surface area contributed by atoms with Crippen LogP contribution in [-0.4, -0.2) is 54.9 Å². The molecule has 4 rings (SSSR count). The number of rotatable bonds is 7. The maximum atomic E-state index is 13.3. The second kappa shape index (κ2) is 14.0. The lowest BCUT2D eigenvalue weighted by Gasteiger charge is -2.15. The van der Waals surface area contributed by atoms with Gasteiger partial charge in [-0.05, 0) is 68.4 Å². The van der Waals surface area contributed by atoms with Crippen LogP contribution in [0.1, 0.15) is 40.9 Å². The third-order valence-electron chi connectivity index (χ3n) is 5.37. The topological polar surface area (TPSA) is 139 Å². The van der Waals surface area contributed by atoms with Gasteiger partial charge in [-0.25, -0.2) is 14.4 Å². The molecule has 2 heterocycles. The molecular formula is C22H28ClFN6O3S. The average molecular weight is 511 g/mol. The highest BCUT2D eigenvalue weighted by Crippen LogP contribution is 2.28. The Bertz CT molecular complexity index is 1070. The summed E-state index contributed by atoms with van der Waals surface area (Å²) >= 11 is 8.36. The average Bonchev–Trinajstić information content (AvgIpc) is 3.53. The number of nitrogens with two attached hydrogens (primary N) is 1. The largest absolute Gasteiger partial charge is 0.400 e. The molecule has 3 aromatic rings. The molecule has 2 aromatic heterocycles. The molecule has 0 amide bonds. The van der Waals surface area contributed by atoms with Crippen molar-refractivity contribution in [2.24, 2.45) is 11.7 Å². The van der Waals surface area contributed by atoms with Crippen LogP contribution in [0.5, 0.6) is 0 Å². The van der Waals surface area contributed by atoms with Crippen LogP contribution in [0.3, 0.4) is 0 Å². The van der Waals surface area contributed by atoms with Gasteiger partial charge < -0.3 is 20.7 Å². The van der Waals surface area contributed by atoms with Crippen molar-refractivity contribution in [3.05, 3.63) is 70.6 Å². The highest BCUT2D eigenvalue weighted by atomic mass is 35.5. The first-order chi connectivity index (χ1) is 16.5. The van der Waals surface area contributed by atoms with Crippen molar-refractivity contribution in [1.29, 1.82) is 0 Å². The standard InChI is InChI=1S/C21H22ClFN6O.CH4O.H2OS/c22-17-8-14(2-4-18(17)23)11-29-6-5-19(28-29)20(30)16-10-25-12-26-21(16)27-15-3-1-13(7-15)9-24;2*1-2/h2,4-6,8,10,12-13,15H,1,3,7,9,11,24H2,(H,25,26,27);2H,1H3;1-2H. The molecule has 5 N–H and O–H groups in total. The molecule has 1 fully saturated rings. The molecule has 34 heavy (non-hydrogen) atoms. The fourth-order valence-electron chi connectivity index (χ4n) is 3.76. The number of ketones is 1. The van der Waals surface area contributed by atoms with Crippen LogP contribution in [0.25, 0.3) is 0 Å². The van der Waals surface area contributed by atoms with Gasteiger partial charge in [-0.1, -0.05) is 17.7 Å². The summed E-state index contributed by atoms with van der Waals surface area (Å²) in [4.78, 5) is 21.3. The lowest BCUT2D eigenvalue weighted by Crippen LogP contribution is -2.21. The van der Waals surface area contributed by atoms with E-state index in [1.807, 2.05) is 0 Å². The Labute approximate surface area is 207 Å². The smallest absolute Gasteiger partial charge is 0.218 e. The summed E-state index contributed by atoms with van der Waals surface area (Å²) < 4.78 is 21.6. The summed E-state index contributed by atoms with van der Waals surface area (Å²) in [6.45, 7) is 1.04. The molecule has 9 nitrogen and oxygen atoms in total. The second-order valence-corrected chi connectivity index (χ2v) is 7.92. The van der Waals surface area contributed by atoms with Crippen molar-refractivity contribution in [3.63, 3.8) is 0 Å². The minimum absolute atomic E-state index is 0.0527. The number of aromatic nitrogens is 4. The van der Waals surface area contributed by atoms with Gasteiger partial charge in [0.05, 0.1) is 17.1 Å². The van der Waals surface area contributed by atoms with E-state index in [2.05, 4.69) is 33.3 Å². The van der Waals surface area contributed by atoms with Gasteiger partial charge in [0, 0.05) is 25.5 Å². The number of nitrogens with zero attached hydrogens (tertiary/aromatic N) is 4. The van der Waals surface area contributed by atoms with E-state index >= 15 is 0 Å². The van der Waals surface area contributed by atoms with E-state index in [1.54, 1.807) is 29.1 Å². The zero-order valence-corrected chi connectivity index (χ0v) is 20.3. The van der Waals surface area contributed by atoms with Crippen LogP contribution >= 0.6 is 24.5 Å². The molecule has 0 bridgehead atoms. The van der Waals surface area contributed by atoms with E-state index < -0.39 is 5.82 Å². The number of anilines is 1. The van der Waals surface area contributed by atoms with Gasteiger partial charge in [-0.3, -0.25) is 9.48 Å². The van der Waals surface area contributed by atoms with Crippen LogP contribution in [0.2, 0.25) is 5.02 Å². The first-order valence-corrected chi connectivity index (χ1v) is 11.2. The predicted molar refractivity (Wildman–Crippen MR) is 132 cm³/mol. The summed E-state index contributed by atoms with van der Waals surface area (Å²) in [7, 11) is 1.00. The van der Waals surface area contributed by atoms with Gasteiger partial charge in [0.25, 0.3) is 0 Å². The van der Waals surface area contributed by atoms with Crippen LogP contribution in [-0.2, 0) is 6.54 Å². The van der Waals surface area contributed by atoms with E-state index in [4.69, 9.17) is 27.0 Å². The number of halogens is 2. The highest BCUT2D eigenvalue weighted by Gasteiger charge is 2.26. The molecule has 2 unspecified atom stereocenters. The number of aliphatic hydroxyl groups excluding tert-OH is 1. The van der Waals surface area contributed by atoms with Crippen LogP contribution in [0.4, 0.5) is 10.2 Å². The maximum absolute atomic E-state index is 13.3. The fourth-order valence-corrected chi connectivity index (χ4v) is 3.96. The number of hydrogen-bond acceptors (Lipinski definition) is 9. The van der Waals surface area contributed by atoms with Crippen LogP contribution < -0.4 is 11.1 Å². The van der Waals surface area contributed by atoms with Gasteiger partial charge in [0.1, 0.15) is 23.7 Å². The van der Waals surface area contributed by atoms with Crippen molar-refractivity contribution in [1.82, 2.24) is 19.7 Å². The van der Waals surface area contributed by atoms with Gasteiger partial charge in [0.15, 0.2) is 0 Å². The Morgan fingerprint density at radius 3 is 2.76 bits per heavy atom. The minimum Gasteiger partial charge on any atom is -0.400 e. The third-order valence-corrected chi connectivity index (χ3v) is 5.66. The second-order valence-electron chi connectivity index (χ2n) is 7.52. The molecule has 1 aliphatic rings. The van der Waals surface area contributed by atoms with Crippen LogP contribution in [0, 0.1) is 11.7 Å². The van der Waals surface area contributed by atoms with E-state index in [9.17, 15) is 9.18 Å². The molecule has 0 aliphatic heterocycles. The number of nitrogens with one attached hydrogen (secondary N) is 1. The zero-order chi connectivity index (χ0) is 25.1. The minimum atomic E-state index is -0.471. The summed E-state index contributed by atoms with van der Waals surface area (Å²) in [6, 6.07) is 6.37. The summed E-state index contributed by atoms with van der Waals surface area (Å²) in [5, 5.41) is 14.8. The normalized spacial score (nSPS) is 16.7. The Morgan fingerprint density at radius 1 is 1.32 bits per heavy atom. The molecule has 1 aliphatic carbocycles. The lowest BCUT2D eigenvalue weighted by molar-refractivity contribution is 0.103. The monoisotopic (exact) mass is 510 g/mol. The number of carbonyl (C=O) groups is 1. The van der Waals surface area contributed by atoms with E-state index in [-0.39, 0.29) is 22.5 Å². The van der Waals surface area contributed by atoms with Crippen molar-refractivity contribution in [2.45, 2.75) is 31.8 Å². The first-order valence-electron chi connectivity index (χ1n) is 10.5. The molecule has 184 valence electrons. The van der Waals surface area contributed by atoms with Crippen molar-refractivity contribution >= 4 is 36.1 Å². The Balaban J connectivity index is 0.000000970. The molecule has 2 atom stereocenters. The Hall–Kier alpha value is -2.57. The number of aliphatic hydroxyl groups is 1. The maximum Gasteiger partial charge on any atom is 0.218 e. The Kier molecular flexibility index (Phi) is 11.4. The molecule has 0 spiro atoms. The van der Waals surface area contributed by atoms with Crippen molar-refractivity contribution in [2.75, 3.05) is 19.0 Å². The van der Waals surface area contributed by atoms with E-state index in [0.29, 0.717) is 30.4 Å². The summed E-state index contributed by atoms with van der Waals surface area (Å²) in [6.07, 6.45) is 7.65. The fraction of sp³-hybridized carbons (Fsp3) is 0.364. The summed E-state index contributed by atoms with van der Waals surface area (Å²) in [5.74, 6) is 0.278. The van der Waals surface area contributed by atoms with Gasteiger partial charge in [-0.2, -0.15) is 5.10 Å². The first kappa shape index (κ1) is 27.7. The molecule has 0 radical (unpaired) electrons. The van der Waals surface area contributed by atoms with Crippen molar-refractivity contribution in [3.8, 4) is 0 Å². The van der Waals surface area contributed by atoms with E-state index in [0.717, 1.165) is 31.9 Å². The highest BCUT2D eigenvalue weighted by molar-refractivity contribution is 7.74. The number of thiol groups is 1. The summed E-state index contributed by atoms with van der Waals surface area (Å²) in [5.41, 5.74) is 7.22. The number of benzene rings is 1. The molecule has 1 saturated carbocycles. The number of carbonyl (C=O) groups excluding carboxylic acids is 1. The van der Waals surface area contributed by atoms with Crippen molar-refractivity contribution < 1.29 is 18.8 Å². The third kappa shape index (κ3) is 7.21. The quantitative estimate of drug-likeness (QED) is 0.185. The zero-order valence-electron chi connectivity index (χ0n) is 18.6. The Morgan fingerprint density at radius 2 is 2.09 bits per heavy atom. The SMILES string of the molecule is CO.NCC1CCC(Nc2ncncc2C(=O)c2ccn(Cc3ccc(F)c(Cl)c3)n2)C1.OS.